The summed E-state index contributed by atoms with van der Waals surface area (Å²) in [4.78, 5) is 0. The number of hydrogen-bond acceptors (Lipinski definition) is 1. The van der Waals surface area contributed by atoms with Crippen LogP contribution in [-0.4, -0.2) is 25.1 Å². The summed E-state index contributed by atoms with van der Waals surface area (Å²) in [6.45, 7) is 1.04. The van der Waals surface area contributed by atoms with Crippen molar-refractivity contribution in [2.45, 2.75) is 38.2 Å². The molecule has 0 N–H and O–H groups in total. The molecule has 0 rings (SSSR count). The zero-order valence-electron chi connectivity index (χ0n) is 7.37. The van der Waals surface area contributed by atoms with Crippen molar-refractivity contribution in [1.82, 2.24) is 0 Å². The van der Waals surface area contributed by atoms with Gasteiger partial charge < -0.3 is 4.74 Å². The average Bonchev–Trinajstić information content (AvgIpc) is 2.01. The molecule has 0 bridgehead atoms. The van der Waals surface area contributed by atoms with Gasteiger partial charge in [0.2, 0.25) is 0 Å². The molecule has 14 heavy (non-hydrogen) atoms. The van der Waals surface area contributed by atoms with Crippen LogP contribution in [0.15, 0.2) is 0 Å². The van der Waals surface area contributed by atoms with Gasteiger partial charge in [-0.3, -0.25) is 0 Å². The van der Waals surface area contributed by atoms with E-state index in [4.69, 9.17) is 0 Å². The van der Waals surface area contributed by atoms with Gasteiger partial charge in [-0.1, -0.05) is 13.3 Å². The van der Waals surface area contributed by atoms with Crippen LogP contribution >= 0.6 is 0 Å². The van der Waals surface area contributed by atoms with Crippen molar-refractivity contribution < 1.29 is 31.1 Å². The Kier molecular flexibility index (Phi) is 4.70. The highest BCUT2D eigenvalue weighted by molar-refractivity contribution is 4.75. The molecule has 1 nitrogen and oxygen atoms in total. The monoisotopic (exact) mass is 224 g/mol. The van der Waals surface area contributed by atoms with Crippen LogP contribution in [0.25, 0.3) is 0 Å². The molecular formula is C7H10F6O. The maximum absolute atomic E-state index is 12.3. The highest BCUT2D eigenvalue weighted by Crippen LogP contribution is 2.35. The summed E-state index contributed by atoms with van der Waals surface area (Å²) in [7, 11) is 0. The van der Waals surface area contributed by atoms with Crippen LogP contribution in [0, 0.1) is 0 Å². The Morgan fingerprint density at radius 3 is 2.00 bits per heavy atom. The van der Waals surface area contributed by atoms with Gasteiger partial charge in [0.15, 0.2) is 0 Å². The number of hydrogen-bond donors (Lipinski definition) is 0. The number of unbranched alkanes of at least 4 members (excludes halogenated alkanes) is 1. The van der Waals surface area contributed by atoms with Gasteiger partial charge in [0.25, 0.3) is 6.17 Å². The van der Waals surface area contributed by atoms with Crippen molar-refractivity contribution in [3.05, 3.63) is 0 Å². The molecule has 1 unspecified atom stereocenters. The van der Waals surface area contributed by atoms with Gasteiger partial charge in [-0.25, -0.2) is 4.39 Å². The summed E-state index contributed by atoms with van der Waals surface area (Å²) < 4.78 is 74.8. The molecule has 1 atom stereocenters. The fraction of sp³-hybridized carbons (Fsp3) is 1.00. The van der Waals surface area contributed by atoms with E-state index in [0.717, 1.165) is 0 Å². The van der Waals surface area contributed by atoms with E-state index in [1.807, 2.05) is 0 Å². The second kappa shape index (κ2) is 4.86. The van der Waals surface area contributed by atoms with E-state index in [9.17, 15) is 26.3 Å². The summed E-state index contributed by atoms with van der Waals surface area (Å²) in [5.41, 5.74) is 0. The van der Waals surface area contributed by atoms with Gasteiger partial charge in [0.05, 0.1) is 6.61 Å². The van der Waals surface area contributed by atoms with Crippen molar-refractivity contribution >= 4 is 0 Å². The summed E-state index contributed by atoms with van der Waals surface area (Å²) in [6, 6.07) is 0. The minimum absolute atomic E-state index is 0.153. The lowest BCUT2D eigenvalue weighted by Gasteiger charge is -2.22. The van der Waals surface area contributed by atoms with E-state index in [0.29, 0.717) is 6.42 Å². The number of alkyl halides is 6. The van der Waals surface area contributed by atoms with Crippen molar-refractivity contribution in [2.75, 3.05) is 6.61 Å². The Morgan fingerprint density at radius 2 is 1.64 bits per heavy atom. The maximum atomic E-state index is 12.3. The highest BCUT2D eigenvalue weighted by Gasteiger charge is 2.58. The fourth-order valence-electron chi connectivity index (χ4n) is 0.616. The summed E-state index contributed by atoms with van der Waals surface area (Å²) in [6.07, 6.45) is -14.0. The first kappa shape index (κ1) is 13.5. The van der Waals surface area contributed by atoms with E-state index in [1.54, 1.807) is 6.92 Å². The molecule has 0 aliphatic heterocycles. The van der Waals surface area contributed by atoms with Gasteiger partial charge >= 0.3 is 12.3 Å². The quantitative estimate of drug-likeness (QED) is 0.514. The third kappa shape index (κ3) is 4.17. The second-order valence-corrected chi connectivity index (χ2v) is 2.67. The second-order valence-electron chi connectivity index (χ2n) is 2.67. The molecule has 0 amide bonds. The number of rotatable bonds is 5. The fourth-order valence-corrected chi connectivity index (χ4v) is 0.616. The van der Waals surface area contributed by atoms with Gasteiger partial charge in [0, 0.05) is 0 Å². The normalized spacial score (nSPS) is 15.6. The summed E-state index contributed by atoms with van der Waals surface area (Å²) in [5, 5.41) is 0. The minimum atomic E-state index is -5.60. The molecular weight excluding hydrogens is 214 g/mol. The van der Waals surface area contributed by atoms with Gasteiger partial charge in [0.1, 0.15) is 0 Å². The highest BCUT2D eigenvalue weighted by atomic mass is 19.4. The third-order valence-electron chi connectivity index (χ3n) is 1.37. The molecule has 0 aliphatic carbocycles. The maximum Gasteiger partial charge on any atom is 0.428 e. The molecule has 0 fully saturated rings. The van der Waals surface area contributed by atoms with Crippen LogP contribution in [0.2, 0.25) is 0 Å². The van der Waals surface area contributed by atoms with Crippen LogP contribution in [0.4, 0.5) is 26.3 Å². The van der Waals surface area contributed by atoms with E-state index < -0.39 is 25.1 Å². The molecule has 0 radical (unpaired) electrons. The summed E-state index contributed by atoms with van der Waals surface area (Å²) in [5.74, 6) is 0. The van der Waals surface area contributed by atoms with E-state index in [-0.39, 0.29) is 6.42 Å². The lowest BCUT2D eigenvalue weighted by Crippen LogP contribution is -2.43. The first-order valence-corrected chi connectivity index (χ1v) is 3.94. The molecule has 0 aromatic rings. The Morgan fingerprint density at radius 1 is 1.14 bits per heavy atom. The molecule has 0 aromatic heterocycles. The van der Waals surface area contributed by atoms with E-state index in [2.05, 4.69) is 4.74 Å². The Labute approximate surface area is 77.0 Å². The first-order chi connectivity index (χ1) is 6.22. The molecule has 0 aromatic carbocycles. The van der Waals surface area contributed by atoms with Gasteiger partial charge in [-0.2, -0.15) is 22.0 Å². The molecule has 7 heteroatoms. The lowest BCUT2D eigenvalue weighted by molar-refractivity contribution is -0.335. The predicted octanol–water partition coefficient (Wildman–Crippen LogP) is 3.30. The Hall–Kier alpha value is -0.460. The van der Waals surface area contributed by atoms with Gasteiger partial charge in [-0.05, 0) is 6.42 Å². The Balaban J connectivity index is 4.16. The number of ether oxygens (including phenoxy) is 1. The van der Waals surface area contributed by atoms with E-state index in [1.165, 1.54) is 0 Å². The Bertz CT molecular complexity index is 166. The van der Waals surface area contributed by atoms with Crippen molar-refractivity contribution in [3.8, 4) is 0 Å². The number of halogens is 6. The predicted molar refractivity (Wildman–Crippen MR) is 36.8 cm³/mol. The zero-order chi connectivity index (χ0) is 11.4. The van der Waals surface area contributed by atoms with Crippen LogP contribution in [0.1, 0.15) is 19.8 Å². The lowest BCUT2D eigenvalue weighted by atomic mass is 10.3. The topological polar surface area (TPSA) is 9.23 Å². The van der Waals surface area contributed by atoms with Crippen molar-refractivity contribution in [2.24, 2.45) is 0 Å². The third-order valence-corrected chi connectivity index (χ3v) is 1.37. The smallest absolute Gasteiger partial charge is 0.318 e. The molecule has 0 aliphatic rings. The average molecular weight is 224 g/mol. The molecule has 0 saturated carbocycles. The van der Waals surface area contributed by atoms with Crippen molar-refractivity contribution in [1.29, 1.82) is 0 Å². The minimum Gasteiger partial charge on any atom is -0.318 e. The standard InChI is InChI=1S/C7H10F6O/c1-2-3-4-14-7(12,13)5(8)6(9,10)11/h5H,2-4H2,1H3. The van der Waals surface area contributed by atoms with Crippen LogP contribution in [0.5, 0.6) is 0 Å². The van der Waals surface area contributed by atoms with Crippen LogP contribution in [0.3, 0.4) is 0 Å². The largest absolute Gasteiger partial charge is 0.428 e. The molecule has 86 valence electrons. The van der Waals surface area contributed by atoms with Crippen molar-refractivity contribution in [3.63, 3.8) is 0 Å². The first-order valence-electron chi connectivity index (χ1n) is 3.94. The van der Waals surface area contributed by atoms with E-state index >= 15 is 0 Å². The zero-order valence-corrected chi connectivity index (χ0v) is 7.37. The summed E-state index contributed by atoms with van der Waals surface area (Å²) >= 11 is 0. The van der Waals surface area contributed by atoms with Crippen LogP contribution < -0.4 is 0 Å². The van der Waals surface area contributed by atoms with Gasteiger partial charge in [-0.15, -0.1) is 0 Å². The van der Waals surface area contributed by atoms with Crippen LogP contribution in [-0.2, 0) is 4.74 Å². The molecule has 0 saturated heterocycles. The SMILES string of the molecule is CCCCOC(F)(F)C(F)C(F)(F)F. The molecule has 0 heterocycles. The molecule has 0 spiro atoms.